The molecule has 1 fully saturated rings. The molecule has 1 unspecified atom stereocenters. The maximum absolute atomic E-state index is 12.1. The van der Waals surface area contributed by atoms with E-state index in [2.05, 4.69) is 15.9 Å². The van der Waals surface area contributed by atoms with Crippen LogP contribution < -0.4 is 10.5 Å². The minimum Gasteiger partial charge on any atom is -0.482 e. The molecule has 104 valence electrons. The van der Waals surface area contributed by atoms with E-state index in [1.54, 1.807) is 17.0 Å². The van der Waals surface area contributed by atoms with E-state index in [0.717, 1.165) is 23.9 Å². The second kappa shape index (κ2) is 6.59. The molecule has 1 aliphatic heterocycles. The van der Waals surface area contributed by atoms with Crippen LogP contribution in [-0.2, 0) is 4.79 Å². The average Bonchev–Trinajstić information content (AvgIpc) is 2.85. The van der Waals surface area contributed by atoms with Crippen molar-refractivity contribution < 1.29 is 9.53 Å². The van der Waals surface area contributed by atoms with Gasteiger partial charge < -0.3 is 15.4 Å². The lowest BCUT2D eigenvalue weighted by Gasteiger charge is -2.23. The molecule has 0 aliphatic carbocycles. The molecule has 1 amide bonds. The fraction of sp³-hybridized carbons (Fsp3) is 0.462. The molecule has 4 nitrogen and oxygen atoms in total. The van der Waals surface area contributed by atoms with E-state index >= 15 is 0 Å². The van der Waals surface area contributed by atoms with Crippen molar-refractivity contribution >= 4 is 33.4 Å². The molecule has 0 bridgehead atoms. The van der Waals surface area contributed by atoms with Gasteiger partial charge in [0.1, 0.15) is 5.75 Å². The normalized spacial score (nSPS) is 18.7. The Hall–Kier alpha value is -0.780. The Balaban J connectivity index is 1.93. The van der Waals surface area contributed by atoms with Crippen molar-refractivity contribution in [3.8, 4) is 5.75 Å². The molecule has 1 aromatic rings. The molecule has 19 heavy (non-hydrogen) atoms. The number of hydrogen-bond donors (Lipinski definition) is 1. The Kier molecular flexibility index (Phi) is 5.07. The van der Waals surface area contributed by atoms with Crippen LogP contribution in [0.5, 0.6) is 5.75 Å². The third-order valence-corrected chi connectivity index (χ3v) is 4.00. The monoisotopic (exact) mass is 346 g/mol. The molecule has 1 atom stereocenters. The van der Waals surface area contributed by atoms with Crippen LogP contribution in [0.25, 0.3) is 0 Å². The highest BCUT2D eigenvalue weighted by Gasteiger charge is 2.27. The van der Waals surface area contributed by atoms with Gasteiger partial charge in [0, 0.05) is 23.6 Å². The van der Waals surface area contributed by atoms with E-state index in [1.165, 1.54) is 0 Å². The van der Waals surface area contributed by atoms with Gasteiger partial charge in [0.25, 0.3) is 5.91 Å². The first-order chi connectivity index (χ1) is 9.11. The zero-order chi connectivity index (χ0) is 13.8. The Morgan fingerprint density at radius 1 is 1.58 bits per heavy atom. The van der Waals surface area contributed by atoms with Gasteiger partial charge in [0.05, 0.1) is 5.02 Å². The van der Waals surface area contributed by atoms with Crippen LogP contribution in [0.4, 0.5) is 0 Å². The van der Waals surface area contributed by atoms with Crippen molar-refractivity contribution in [2.75, 3.05) is 19.7 Å². The number of likely N-dealkylation sites (tertiary alicyclic amines) is 1. The van der Waals surface area contributed by atoms with Crippen molar-refractivity contribution in [2.24, 2.45) is 5.73 Å². The number of ether oxygens (including phenoxy) is 1. The highest BCUT2D eigenvalue weighted by atomic mass is 79.9. The van der Waals surface area contributed by atoms with E-state index in [1.807, 2.05) is 6.07 Å². The van der Waals surface area contributed by atoms with Crippen LogP contribution in [-0.4, -0.2) is 36.5 Å². The van der Waals surface area contributed by atoms with Gasteiger partial charge in [0.2, 0.25) is 0 Å². The van der Waals surface area contributed by atoms with E-state index in [9.17, 15) is 4.79 Å². The number of carbonyl (C=O) groups is 1. The maximum atomic E-state index is 12.1. The van der Waals surface area contributed by atoms with Gasteiger partial charge in [0.15, 0.2) is 6.61 Å². The van der Waals surface area contributed by atoms with E-state index < -0.39 is 0 Å². The predicted octanol–water partition coefficient (Wildman–Crippen LogP) is 2.43. The van der Waals surface area contributed by atoms with Gasteiger partial charge in [-0.05, 0) is 31.0 Å². The van der Waals surface area contributed by atoms with Crippen molar-refractivity contribution in [3.05, 3.63) is 27.7 Å². The summed E-state index contributed by atoms with van der Waals surface area (Å²) in [6, 6.07) is 5.45. The number of halogens is 2. The van der Waals surface area contributed by atoms with Crippen LogP contribution in [0.1, 0.15) is 12.8 Å². The molecular weight excluding hydrogens is 332 g/mol. The SMILES string of the molecule is NCC1CCCN1C(=O)COc1ccc(Br)cc1Cl. The minimum atomic E-state index is -0.0352. The van der Waals surface area contributed by atoms with Crippen molar-refractivity contribution in [3.63, 3.8) is 0 Å². The van der Waals surface area contributed by atoms with Crippen LogP contribution in [0.2, 0.25) is 5.02 Å². The first-order valence-electron chi connectivity index (χ1n) is 6.19. The van der Waals surface area contributed by atoms with Gasteiger partial charge in [-0.3, -0.25) is 4.79 Å². The minimum absolute atomic E-state index is 0.00213. The molecule has 2 rings (SSSR count). The molecule has 6 heteroatoms. The van der Waals surface area contributed by atoms with E-state index in [-0.39, 0.29) is 18.6 Å². The zero-order valence-electron chi connectivity index (χ0n) is 10.4. The lowest BCUT2D eigenvalue weighted by atomic mass is 10.2. The number of nitrogens with two attached hydrogens (primary N) is 1. The Morgan fingerprint density at radius 3 is 3.05 bits per heavy atom. The molecule has 1 aromatic carbocycles. The number of hydrogen-bond acceptors (Lipinski definition) is 3. The van der Waals surface area contributed by atoms with Gasteiger partial charge in [-0.15, -0.1) is 0 Å². The molecule has 0 spiro atoms. The predicted molar refractivity (Wildman–Crippen MR) is 78.4 cm³/mol. The van der Waals surface area contributed by atoms with E-state index in [4.69, 9.17) is 22.1 Å². The summed E-state index contributed by atoms with van der Waals surface area (Å²) in [6.45, 7) is 1.26. The first-order valence-corrected chi connectivity index (χ1v) is 7.36. The molecule has 1 heterocycles. The highest BCUT2D eigenvalue weighted by Crippen LogP contribution is 2.28. The summed E-state index contributed by atoms with van der Waals surface area (Å²) in [6.07, 6.45) is 1.98. The topological polar surface area (TPSA) is 55.6 Å². The maximum Gasteiger partial charge on any atom is 0.260 e. The summed E-state index contributed by atoms with van der Waals surface area (Å²) in [4.78, 5) is 13.9. The van der Waals surface area contributed by atoms with E-state index in [0.29, 0.717) is 17.3 Å². The molecule has 0 aromatic heterocycles. The van der Waals surface area contributed by atoms with Crippen LogP contribution in [0, 0.1) is 0 Å². The average molecular weight is 348 g/mol. The number of amides is 1. The second-order valence-corrected chi connectivity index (χ2v) is 5.81. The lowest BCUT2D eigenvalue weighted by molar-refractivity contribution is -0.134. The second-order valence-electron chi connectivity index (χ2n) is 4.48. The van der Waals surface area contributed by atoms with Gasteiger partial charge in [-0.1, -0.05) is 27.5 Å². The number of carbonyl (C=O) groups excluding carboxylic acids is 1. The van der Waals surface area contributed by atoms with Crippen molar-refractivity contribution in [1.82, 2.24) is 4.90 Å². The number of rotatable bonds is 4. The smallest absolute Gasteiger partial charge is 0.260 e. The summed E-state index contributed by atoms with van der Waals surface area (Å²) in [5, 5.41) is 0.485. The van der Waals surface area contributed by atoms with Gasteiger partial charge in [-0.2, -0.15) is 0 Å². The highest BCUT2D eigenvalue weighted by molar-refractivity contribution is 9.10. The quantitative estimate of drug-likeness (QED) is 0.910. The number of benzene rings is 1. The van der Waals surface area contributed by atoms with Crippen LogP contribution in [0.15, 0.2) is 22.7 Å². The molecule has 1 aliphatic rings. The summed E-state index contributed by atoms with van der Waals surface area (Å²) >= 11 is 9.35. The zero-order valence-corrected chi connectivity index (χ0v) is 12.8. The fourth-order valence-electron chi connectivity index (χ4n) is 2.22. The molecule has 1 saturated heterocycles. The molecule has 0 saturated carbocycles. The van der Waals surface area contributed by atoms with Crippen LogP contribution >= 0.6 is 27.5 Å². The fourth-order valence-corrected chi connectivity index (χ4v) is 2.95. The lowest BCUT2D eigenvalue weighted by Crippen LogP contribution is -2.42. The summed E-state index contributed by atoms with van der Waals surface area (Å²) in [5.74, 6) is 0.480. The largest absolute Gasteiger partial charge is 0.482 e. The Morgan fingerprint density at radius 2 is 2.37 bits per heavy atom. The standard InChI is InChI=1S/C13H16BrClN2O2/c14-9-3-4-12(11(15)6-9)19-8-13(18)17-5-1-2-10(17)7-16/h3-4,6,10H,1-2,5,7-8,16H2. The van der Waals surface area contributed by atoms with Crippen molar-refractivity contribution in [2.45, 2.75) is 18.9 Å². The van der Waals surface area contributed by atoms with Gasteiger partial charge >= 0.3 is 0 Å². The van der Waals surface area contributed by atoms with Crippen molar-refractivity contribution in [1.29, 1.82) is 0 Å². The summed E-state index contributed by atoms with van der Waals surface area (Å²) in [5.41, 5.74) is 5.65. The number of nitrogens with zero attached hydrogens (tertiary/aromatic N) is 1. The first kappa shape index (κ1) is 14.6. The molecular formula is C13H16BrClN2O2. The molecule has 0 radical (unpaired) electrons. The summed E-state index contributed by atoms with van der Waals surface area (Å²) < 4.78 is 6.35. The summed E-state index contributed by atoms with van der Waals surface area (Å²) in [7, 11) is 0. The third-order valence-electron chi connectivity index (χ3n) is 3.21. The third kappa shape index (κ3) is 3.61. The van der Waals surface area contributed by atoms with Crippen LogP contribution in [0.3, 0.4) is 0 Å². The Labute approximate surface area is 126 Å². The Bertz CT molecular complexity index is 470. The van der Waals surface area contributed by atoms with Gasteiger partial charge in [-0.25, -0.2) is 0 Å². The molecule has 2 N–H and O–H groups in total.